The van der Waals surface area contributed by atoms with E-state index in [0.29, 0.717) is 24.4 Å². The molecule has 1 atom stereocenters. The zero-order valence-corrected chi connectivity index (χ0v) is 13.7. The molecule has 1 saturated heterocycles. The van der Waals surface area contributed by atoms with Crippen LogP contribution in [0.4, 0.5) is 0 Å². The van der Waals surface area contributed by atoms with Crippen LogP contribution in [-0.4, -0.2) is 29.4 Å². The van der Waals surface area contributed by atoms with Crippen molar-refractivity contribution in [3.8, 4) is 0 Å². The smallest absolute Gasteiger partial charge is 0.223 e. The second-order valence-corrected chi connectivity index (χ2v) is 6.75. The van der Waals surface area contributed by atoms with Crippen LogP contribution in [0.2, 0.25) is 0 Å². The van der Waals surface area contributed by atoms with Gasteiger partial charge in [0.25, 0.3) is 0 Å². The van der Waals surface area contributed by atoms with E-state index in [0.717, 1.165) is 25.9 Å². The number of amides is 1. The van der Waals surface area contributed by atoms with Crippen molar-refractivity contribution in [3.63, 3.8) is 0 Å². The molecule has 2 aliphatic rings. The standard InChI is InChI=1S/C19H28N2O/c1-2-15-5-7-16(8-6-15)14-21(18-10-11-18)19(22)12-9-17-4-3-13-20-17/h5-8,17-18,20H,2-4,9-14H2,1H3. The highest BCUT2D eigenvalue weighted by atomic mass is 16.2. The molecule has 3 nitrogen and oxygen atoms in total. The Kier molecular flexibility index (Phi) is 5.14. The average molecular weight is 300 g/mol. The van der Waals surface area contributed by atoms with Crippen LogP contribution in [0.3, 0.4) is 0 Å². The summed E-state index contributed by atoms with van der Waals surface area (Å²) in [6.45, 7) is 4.08. The van der Waals surface area contributed by atoms with Gasteiger partial charge in [0, 0.05) is 25.0 Å². The molecule has 1 aromatic rings. The maximum Gasteiger partial charge on any atom is 0.223 e. The molecule has 120 valence electrons. The van der Waals surface area contributed by atoms with Crippen LogP contribution in [0.5, 0.6) is 0 Å². The second kappa shape index (κ2) is 7.28. The maximum absolute atomic E-state index is 12.6. The van der Waals surface area contributed by atoms with E-state index in [9.17, 15) is 4.79 Å². The van der Waals surface area contributed by atoms with Crippen LogP contribution in [0.25, 0.3) is 0 Å². The third kappa shape index (κ3) is 4.10. The Labute approximate surface area is 134 Å². The first kappa shape index (κ1) is 15.5. The Morgan fingerprint density at radius 1 is 1.18 bits per heavy atom. The second-order valence-electron chi connectivity index (χ2n) is 6.75. The molecule has 0 bridgehead atoms. The minimum absolute atomic E-state index is 0.343. The van der Waals surface area contributed by atoms with Gasteiger partial charge in [-0.3, -0.25) is 4.79 Å². The molecule has 1 N–H and O–H groups in total. The Morgan fingerprint density at radius 2 is 1.91 bits per heavy atom. The van der Waals surface area contributed by atoms with Crippen molar-refractivity contribution in [2.24, 2.45) is 0 Å². The van der Waals surface area contributed by atoms with E-state index in [1.807, 2.05) is 0 Å². The van der Waals surface area contributed by atoms with Crippen LogP contribution in [-0.2, 0) is 17.8 Å². The highest BCUT2D eigenvalue weighted by molar-refractivity contribution is 5.77. The van der Waals surface area contributed by atoms with Crippen molar-refractivity contribution < 1.29 is 4.79 Å². The number of aryl methyl sites for hydroxylation is 1. The van der Waals surface area contributed by atoms with E-state index in [2.05, 4.69) is 41.4 Å². The molecule has 0 radical (unpaired) electrons. The fourth-order valence-electron chi connectivity index (χ4n) is 3.33. The largest absolute Gasteiger partial charge is 0.335 e. The van der Waals surface area contributed by atoms with E-state index < -0.39 is 0 Å². The molecule has 1 aliphatic heterocycles. The number of nitrogens with one attached hydrogen (secondary N) is 1. The van der Waals surface area contributed by atoms with E-state index in [-0.39, 0.29) is 0 Å². The predicted molar refractivity (Wildman–Crippen MR) is 89.7 cm³/mol. The number of hydrogen-bond donors (Lipinski definition) is 1. The first-order chi connectivity index (χ1) is 10.8. The van der Waals surface area contributed by atoms with Gasteiger partial charge in [-0.2, -0.15) is 0 Å². The summed E-state index contributed by atoms with van der Waals surface area (Å²) in [5.74, 6) is 0.343. The van der Waals surface area contributed by atoms with Gasteiger partial charge in [0.15, 0.2) is 0 Å². The molecule has 22 heavy (non-hydrogen) atoms. The fraction of sp³-hybridized carbons (Fsp3) is 0.632. The molecule has 1 heterocycles. The fourth-order valence-corrected chi connectivity index (χ4v) is 3.33. The average Bonchev–Trinajstić information content (AvgIpc) is 3.26. The van der Waals surface area contributed by atoms with Gasteiger partial charge in [-0.05, 0) is 56.2 Å². The molecule has 1 unspecified atom stereocenters. The van der Waals surface area contributed by atoms with Gasteiger partial charge < -0.3 is 10.2 Å². The van der Waals surface area contributed by atoms with Crippen molar-refractivity contribution in [1.82, 2.24) is 10.2 Å². The number of carbonyl (C=O) groups excluding carboxylic acids is 1. The highest BCUT2D eigenvalue weighted by Crippen LogP contribution is 2.29. The van der Waals surface area contributed by atoms with Crippen molar-refractivity contribution in [2.45, 2.75) is 70.5 Å². The molecular formula is C19H28N2O. The summed E-state index contributed by atoms with van der Waals surface area (Å²) in [7, 11) is 0. The lowest BCUT2D eigenvalue weighted by molar-refractivity contribution is -0.132. The zero-order valence-electron chi connectivity index (χ0n) is 13.7. The van der Waals surface area contributed by atoms with Crippen LogP contribution in [0, 0.1) is 0 Å². The van der Waals surface area contributed by atoms with Gasteiger partial charge in [-0.1, -0.05) is 31.2 Å². The Bertz CT molecular complexity index is 487. The number of nitrogens with zero attached hydrogens (tertiary/aromatic N) is 1. The third-order valence-electron chi connectivity index (χ3n) is 4.96. The lowest BCUT2D eigenvalue weighted by Crippen LogP contribution is -2.33. The van der Waals surface area contributed by atoms with E-state index in [1.54, 1.807) is 0 Å². The molecular weight excluding hydrogens is 272 g/mol. The van der Waals surface area contributed by atoms with Gasteiger partial charge in [0.2, 0.25) is 5.91 Å². The maximum atomic E-state index is 12.6. The molecule has 1 amide bonds. The van der Waals surface area contributed by atoms with Crippen LogP contribution in [0.15, 0.2) is 24.3 Å². The van der Waals surface area contributed by atoms with Crippen LogP contribution >= 0.6 is 0 Å². The van der Waals surface area contributed by atoms with Gasteiger partial charge in [-0.15, -0.1) is 0 Å². The number of rotatable bonds is 7. The predicted octanol–water partition coefficient (Wildman–Crippen LogP) is 3.27. The lowest BCUT2D eigenvalue weighted by Gasteiger charge is -2.23. The first-order valence-electron chi connectivity index (χ1n) is 8.87. The lowest BCUT2D eigenvalue weighted by atomic mass is 10.1. The summed E-state index contributed by atoms with van der Waals surface area (Å²) in [6, 6.07) is 9.80. The minimum atomic E-state index is 0.343. The molecule has 2 fully saturated rings. The van der Waals surface area contributed by atoms with Gasteiger partial charge in [0.1, 0.15) is 0 Å². The summed E-state index contributed by atoms with van der Waals surface area (Å²) in [5, 5.41) is 3.49. The van der Waals surface area contributed by atoms with Crippen molar-refractivity contribution in [3.05, 3.63) is 35.4 Å². The Morgan fingerprint density at radius 3 is 2.50 bits per heavy atom. The van der Waals surface area contributed by atoms with Crippen LogP contribution in [0.1, 0.15) is 56.6 Å². The normalized spacial score (nSPS) is 21.0. The summed E-state index contributed by atoms with van der Waals surface area (Å²) in [4.78, 5) is 14.7. The topological polar surface area (TPSA) is 32.3 Å². The Hall–Kier alpha value is -1.35. The minimum Gasteiger partial charge on any atom is -0.335 e. The molecule has 1 aliphatic carbocycles. The van der Waals surface area contributed by atoms with E-state index >= 15 is 0 Å². The van der Waals surface area contributed by atoms with Crippen molar-refractivity contribution >= 4 is 5.91 Å². The molecule has 0 aromatic heterocycles. The van der Waals surface area contributed by atoms with Gasteiger partial charge in [-0.25, -0.2) is 0 Å². The number of hydrogen-bond acceptors (Lipinski definition) is 2. The van der Waals surface area contributed by atoms with E-state index in [1.165, 1.54) is 36.8 Å². The SMILES string of the molecule is CCc1ccc(CN(C(=O)CCC2CCCN2)C2CC2)cc1. The molecule has 3 rings (SSSR count). The third-order valence-corrected chi connectivity index (χ3v) is 4.96. The molecule has 1 aromatic carbocycles. The monoisotopic (exact) mass is 300 g/mol. The summed E-state index contributed by atoms with van der Waals surface area (Å²) >= 11 is 0. The summed E-state index contributed by atoms with van der Waals surface area (Å²) in [5.41, 5.74) is 2.62. The molecule has 0 spiro atoms. The number of benzene rings is 1. The van der Waals surface area contributed by atoms with Crippen molar-refractivity contribution in [2.75, 3.05) is 6.54 Å². The summed E-state index contributed by atoms with van der Waals surface area (Å²) in [6.07, 6.45) is 7.61. The zero-order chi connectivity index (χ0) is 15.4. The highest BCUT2D eigenvalue weighted by Gasteiger charge is 2.32. The number of carbonyl (C=O) groups is 1. The van der Waals surface area contributed by atoms with Gasteiger partial charge in [0.05, 0.1) is 0 Å². The molecule has 1 saturated carbocycles. The first-order valence-corrected chi connectivity index (χ1v) is 8.87. The molecule has 3 heteroatoms. The Balaban J connectivity index is 1.55. The summed E-state index contributed by atoms with van der Waals surface area (Å²) < 4.78 is 0. The van der Waals surface area contributed by atoms with E-state index in [4.69, 9.17) is 0 Å². The van der Waals surface area contributed by atoms with Gasteiger partial charge >= 0.3 is 0 Å². The van der Waals surface area contributed by atoms with Crippen LogP contribution < -0.4 is 5.32 Å². The quantitative estimate of drug-likeness (QED) is 0.838. The van der Waals surface area contributed by atoms with Crippen molar-refractivity contribution in [1.29, 1.82) is 0 Å².